The zero-order valence-corrected chi connectivity index (χ0v) is 8.66. The van der Waals surface area contributed by atoms with E-state index in [0.717, 1.165) is 17.9 Å². The molecule has 1 aromatic heterocycles. The Morgan fingerprint density at radius 3 is 3.07 bits per heavy atom. The lowest BCUT2D eigenvalue weighted by atomic mass is 10.0. The fourth-order valence-corrected chi connectivity index (χ4v) is 2.41. The van der Waals surface area contributed by atoms with E-state index >= 15 is 0 Å². The van der Waals surface area contributed by atoms with Gasteiger partial charge in [0.05, 0.1) is 0 Å². The van der Waals surface area contributed by atoms with E-state index in [9.17, 15) is 0 Å². The molecule has 0 unspecified atom stereocenters. The van der Waals surface area contributed by atoms with Crippen LogP contribution in [0.4, 0.5) is 0 Å². The molecule has 1 heterocycles. The van der Waals surface area contributed by atoms with E-state index in [4.69, 9.17) is 5.11 Å². The monoisotopic (exact) mass is 194 g/mol. The van der Waals surface area contributed by atoms with Crippen molar-refractivity contribution in [3.05, 3.63) is 17.7 Å². The van der Waals surface area contributed by atoms with Crippen molar-refractivity contribution >= 4 is 0 Å². The summed E-state index contributed by atoms with van der Waals surface area (Å²) in [6.45, 7) is 2.37. The van der Waals surface area contributed by atoms with Crippen LogP contribution in [0.2, 0.25) is 0 Å². The molecule has 1 aromatic rings. The fraction of sp³-hybridized carbons (Fsp3) is 0.727. The first-order chi connectivity index (χ1) is 6.79. The molecule has 1 aliphatic carbocycles. The van der Waals surface area contributed by atoms with Crippen LogP contribution in [-0.4, -0.2) is 21.7 Å². The molecule has 1 saturated carbocycles. The molecule has 2 N–H and O–H groups in total. The van der Waals surface area contributed by atoms with Gasteiger partial charge in [0.1, 0.15) is 5.82 Å². The van der Waals surface area contributed by atoms with Gasteiger partial charge in [-0.25, -0.2) is 4.98 Å². The number of aromatic amines is 1. The van der Waals surface area contributed by atoms with Crippen molar-refractivity contribution in [3.8, 4) is 0 Å². The van der Waals surface area contributed by atoms with Crippen molar-refractivity contribution in [2.24, 2.45) is 5.92 Å². The summed E-state index contributed by atoms with van der Waals surface area (Å²) in [5.41, 5.74) is 1.14. The molecular formula is C11H18N2O. The third-order valence-electron chi connectivity index (χ3n) is 3.19. The third-order valence-corrected chi connectivity index (χ3v) is 3.19. The van der Waals surface area contributed by atoms with Crippen LogP contribution in [0.3, 0.4) is 0 Å². The Labute approximate surface area is 84.6 Å². The maximum atomic E-state index is 8.86. The van der Waals surface area contributed by atoms with Crippen LogP contribution in [0.15, 0.2) is 6.20 Å². The van der Waals surface area contributed by atoms with Gasteiger partial charge in [0.25, 0.3) is 0 Å². The molecule has 0 radical (unpaired) electrons. The zero-order chi connectivity index (χ0) is 9.97. The molecule has 0 saturated heterocycles. The van der Waals surface area contributed by atoms with E-state index in [1.807, 2.05) is 13.1 Å². The number of hydrogen-bond donors (Lipinski definition) is 2. The predicted octanol–water partition coefficient (Wildman–Crippen LogP) is 1.98. The number of rotatable bonds is 3. The molecule has 78 valence electrons. The standard InChI is InChI=1S/C11H18N2O/c1-8-7-12-11(13-8)10-3-2-9(6-10)4-5-14/h7,9-10,14H,2-6H2,1H3,(H,12,13)/t9-,10-/m0/s1. The number of H-pyrrole nitrogens is 1. The minimum absolute atomic E-state index is 0.328. The highest BCUT2D eigenvalue weighted by molar-refractivity contribution is 5.05. The van der Waals surface area contributed by atoms with Gasteiger partial charge in [0, 0.05) is 24.4 Å². The highest BCUT2D eigenvalue weighted by Crippen LogP contribution is 2.38. The number of imidazole rings is 1. The lowest BCUT2D eigenvalue weighted by molar-refractivity contribution is 0.257. The molecule has 3 nitrogen and oxygen atoms in total. The van der Waals surface area contributed by atoms with Crippen molar-refractivity contribution in [2.75, 3.05) is 6.61 Å². The van der Waals surface area contributed by atoms with Gasteiger partial charge in [-0.1, -0.05) is 0 Å². The van der Waals surface area contributed by atoms with Crippen LogP contribution in [0, 0.1) is 12.8 Å². The van der Waals surface area contributed by atoms with Crippen LogP contribution in [-0.2, 0) is 0 Å². The first kappa shape index (κ1) is 9.71. The Kier molecular flexibility index (Phi) is 2.87. The molecule has 3 heteroatoms. The van der Waals surface area contributed by atoms with Crippen molar-refractivity contribution in [2.45, 2.75) is 38.5 Å². The lowest BCUT2D eigenvalue weighted by Gasteiger charge is -2.07. The molecule has 2 atom stereocenters. The van der Waals surface area contributed by atoms with Gasteiger partial charge in [0.15, 0.2) is 0 Å². The molecular weight excluding hydrogens is 176 g/mol. The van der Waals surface area contributed by atoms with E-state index in [2.05, 4.69) is 9.97 Å². The third kappa shape index (κ3) is 1.98. The zero-order valence-electron chi connectivity index (χ0n) is 8.66. The van der Waals surface area contributed by atoms with E-state index in [1.54, 1.807) is 0 Å². The number of nitrogens with one attached hydrogen (secondary N) is 1. The van der Waals surface area contributed by atoms with Gasteiger partial charge in [-0.2, -0.15) is 0 Å². The molecule has 1 fully saturated rings. The van der Waals surface area contributed by atoms with E-state index < -0.39 is 0 Å². The molecule has 1 aliphatic rings. The first-order valence-corrected chi connectivity index (χ1v) is 5.42. The van der Waals surface area contributed by atoms with Crippen molar-refractivity contribution in [1.82, 2.24) is 9.97 Å². The highest BCUT2D eigenvalue weighted by Gasteiger charge is 2.26. The summed E-state index contributed by atoms with van der Waals surface area (Å²) in [6, 6.07) is 0. The molecule has 14 heavy (non-hydrogen) atoms. The minimum atomic E-state index is 0.328. The molecule has 0 aromatic carbocycles. The topological polar surface area (TPSA) is 48.9 Å². The van der Waals surface area contributed by atoms with Gasteiger partial charge in [-0.15, -0.1) is 0 Å². The second-order valence-corrected chi connectivity index (χ2v) is 4.34. The largest absolute Gasteiger partial charge is 0.396 e. The van der Waals surface area contributed by atoms with Crippen molar-refractivity contribution < 1.29 is 5.11 Å². The Bertz CT molecular complexity index is 295. The maximum absolute atomic E-state index is 8.86. The number of nitrogens with zero attached hydrogens (tertiary/aromatic N) is 1. The van der Waals surface area contributed by atoms with Gasteiger partial charge < -0.3 is 10.1 Å². The Morgan fingerprint density at radius 2 is 2.43 bits per heavy atom. The summed E-state index contributed by atoms with van der Waals surface area (Å²) in [7, 11) is 0. The lowest BCUT2D eigenvalue weighted by Crippen LogP contribution is -1.99. The van der Waals surface area contributed by atoms with Gasteiger partial charge in [-0.05, 0) is 38.5 Å². The highest BCUT2D eigenvalue weighted by atomic mass is 16.3. The number of hydrogen-bond acceptors (Lipinski definition) is 2. The smallest absolute Gasteiger partial charge is 0.109 e. The molecule has 2 rings (SSSR count). The predicted molar refractivity (Wildman–Crippen MR) is 55.1 cm³/mol. The molecule has 0 amide bonds. The average Bonchev–Trinajstić information content (AvgIpc) is 2.74. The van der Waals surface area contributed by atoms with E-state index in [1.165, 1.54) is 19.3 Å². The quantitative estimate of drug-likeness (QED) is 0.773. The molecule has 0 aliphatic heterocycles. The molecule has 0 spiro atoms. The van der Waals surface area contributed by atoms with Crippen LogP contribution >= 0.6 is 0 Å². The van der Waals surface area contributed by atoms with Gasteiger partial charge in [-0.3, -0.25) is 0 Å². The van der Waals surface area contributed by atoms with Crippen LogP contribution in [0.5, 0.6) is 0 Å². The summed E-state index contributed by atoms with van der Waals surface area (Å²) in [4.78, 5) is 7.68. The minimum Gasteiger partial charge on any atom is -0.396 e. The normalized spacial score (nSPS) is 27.0. The average molecular weight is 194 g/mol. The van der Waals surface area contributed by atoms with E-state index in [-0.39, 0.29) is 0 Å². The summed E-state index contributed by atoms with van der Waals surface area (Å²) < 4.78 is 0. The number of aliphatic hydroxyl groups is 1. The van der Waals surface area contributed by atoms with Crippen LogP contribution in [0.1, 0.15) is 43.1 Å². The maximum Gasteiger partial charge on any atom is 0.109 e. The van der Waals surface area contributed by atoms with Crippen LogP contribution in [0.25, 0.3) is 0 Å². The Balaban J connectivity index is 1.95. The van der Waals surface area contributed by atoms with E-state index in [0.29, 0.717) is 18.4 Å². The van der Waals surface area contributed by atoms with Crippen molar-refractivity contribution in [1.29, 1.82) is 0 Å². The second kappa shape index (κ2) is 4.13. The number of aryl methyl sites for hydroxylation is 1. The fourth-order valence-electron chi connectivity index (χ4n) is 2.41. The number of aromatic nitrogens is 2. The summed E-state index contributed by atoms with van der Waals surface area (Å²) in [5, 5.41) is 8.86. The van der Waals surface area contributed by atoms with Gasteiger partial charge >= 0.3 is 0 Å². The first-order valence-electron chi connectivity index (χ1n) is 5.42. The second-order valence-electron chi connectivity index (χ2n) is 4.34. The Morgan fingerprint density at radius 1 is 1.57 bits per heavy atom. The van der Waals surface area contributed by atoms with Crippen LogP contribution < -0.4 is 0 Å². The summed E-state index contributed by atoms with van der Waals surface area (Å²) in [5.74, 6) is 2.44. The van der Waals surface area contributed by atoms with Crippen molar-refractivity contribution in [3.63, 3.8) is 0 Å². The summed E-state index contributed by atoms with van der Waals surface area (Å²) >= 11 is 0. The van der Waals surface area contributed by atoms with Gasteiger partial charge in [0.2, 0.25) is 0 Å². The molecule has 0 bridgehead atoms. The number of aliphatic hydroxyl groups excluding tert-OH is 1. The Hall–Kier alpha value is -0.830. The summed E-state index contributed by atoms with van der Waals surface area (Å²) in [6.07, 6.45) is 6.50. The SMILES string of the molecule is Cc1cnc([C@H]2CC[C@@H](CCO)C2)[nH]1.